The molecule has 4 nitrogen and oxygen atoms in total. The smallest absolute Gasteiger partial charge is 0.197 e. The minimum Gasteiger partial charge on any atom is -0.450 e. The van der Waals surface area contributed by atoms with E-state index in [1.807, 2.05) is 11.3 Å². The lowest BCUT2D eigenvalue weighted by atomic mass is 9.98. The van der Waals surface area contributed by atoms with E-state index >= 15 is 0 Å². The number of nitrogens with zero attached hydrogens (tertiary/aromatic N) is 3. The Morgan fingerprint density at radius 1 is 0.458 bits per heavy atom. The van der Waals surface area contributed by atoms with E-state index < -0.39 is 0 Å². The fourth-order valence-electron chi connectivity index (χ4n) is 9.94. The van der Waals surface area contributed by atoms with Crippen LogP contribution in [0.3, 0.4) is 0 Å². The van der Waals surface area contributed by atoms with Crippen molar-refractivity contribution in [1.82, 2.24) is 14.5 Å². The van der Waals surface area contributed by atoms with Gasteiger partial charge in [-0.1, -0.05) is 140 Å². The van der Waals surface area contributed by atoms with Gasteiger partial charge in [0.2, 0.25) is 0 Å². The first-order chi connectivity index (χ1) is 29.2. The highest BCUT2D eigenvalue weighted by atomic mass is 32.1. The Labute approximate surface area is 340 Å². The van der Waals surface area contributed by atoms with E-state index in [0.29, 0.717) is 11.4 Å². The molecule has 5 heteroatoms. The molecule has 14 rings (SSSR count). The molecule has 4 heterocycles. The molecular weight excluding hydrogens is 739 g/mol. The second kappa shape index (κ2) is 11.5. The highest BCUT2D eigenvalue weighted by molar-refractivity contribution is 7.23. The molecule has 13 aromatic rings. The number of aromatic nitrogens is 3. The number of rotatable bonds is 3. The molecular formula is C54H29N3OS. The molecule has 0 N–H and O–H groups in total. The van der Waals surface area contributed by atoms with Gasteiger partial charge in [0, 0.05) is 42.4 Å². The lowest BCUT2D eigenvalue weighted by Gasteiger charge is -2.11. The van der Waals surface area contributed by atoms with E-state index in [0.717, 1.165) is 71.2 Å². The summed E-state index contributed by atoms with van der Waals surface area (Å²) < 4.78 is 10.5. The summed E-state index contributed by atoms with van der Waals surface area (Å²) in [5, 5.41) is 11.8. The van der Waals surface area contributed by atoms with E-state index in [1.54, 1.807) is 0 Å². The quantitative estimate of drug-likeness (QED) is 0.180. The normalized spacial score (nSPS) is 12.4. The maximum Gasteiger partial charge on any atom is 0.197 e. The Kier molecular flexibility index (Phi) is 6.14. The van der Waals surface area contributed by atoms with Crippen molar-refractivity contribution >= 4 is 97.6 Å². The molecule has 1 aliphatic carbocycles. The molecule has 0 aliphatic heterocycles. The van der Waals surface area contributed by atoms with Gasteiger partial charge in [0.1, 0.15) is 11.1 Å². The summed E-state index contributed by atoms with van der Waals surface area (Å²) in [6.45, 7) is 0. The average molecular weight is 768 g/mol. The van der Waals surface area contributed by atoms with E-state index in [4.69, 9.17) is 14.4 Å². The van der Waals surface area contributed by atoms with Crippen molar-refractivity contribution in [2.24, 2.45) is 0 Å². The number of thiophene rings is 1. The van der Waals surface area contributed by atoms with Gasteiger partial charge in [-0.15, -0.1) is 11.3 Å². The predicted molar refractivity (Wildman–Crippen MR) is 247 cm³/mol. The summed E-state index contributed by atoms with van der Waals surface area (Å²) in [4.78, 5) is 12.2. The molecule has 0 bridgehead atoms. The number of furan rings is 1. The summed E-state index contributed by atoms with van der Waals surface area (Å²) in [5.41, 5.74) is 11.8. The second-order valence-corrected chi connectivity index (χ2v) is 16.7. The first-order valence-electron chi connectivity index (χ1n) is 20.0. The molecule has 9 aromatic carbocycles. The third-order valence-electron chi connectivity index (χ3n) is 12.5. The van der Waals surface area contributed by atoms with Gasteiger partial charge < -0.3 is 4.42 Å². The van der Waals surface area contributed by atoms with Crippen molar-refractivity contribution < 1.29 is 4.42 Å². The van der Waals surface area contributed by atoms with Gasteiger partial charge in [0.25, 0.3) is 0 Å². The monoisotopic (exact) mass is 767 g/mol. The van der Waals surface area contributed by atoms with Gasteiger partial charge in [0.05, 0.1) is 16.4 Å². The van der Waals surface area contributed by atoms with Crippen molar-refractivity contribution in [2.75, 3.05) is 0 Å². The first kappa shape index (κ1) is 31.5. The number of hydrogen-bond acceptors (Lipinski definition) is 4. The third-order valence-corrected chi connectivity index (χ3v) is 13.7. The number of para-hydroxylation sites is 1. The van der Waals surface area contributed by atoms with Crippen molar-refractivity contribution in [1.29, 1.82) is 0 Å². The SMILES string of the molecule is c1ccc2c(-c3nc(-n4c5ccccc5c5cc(-c6ccc7sc8c(c7c6)-c6cccc7cccc-8c67)ccc54)c4oc5ccc6ccccc6c5c4n3)cccc2c1. The van der Waals surface area contributed by atoms with Crippen LogP contribution in [0.15, 0.2) is 180 Å². The van der Waals surface area contributed by atoms with Crippen LogP contribution in [0.5, 0.6) is 0 Å². The minimum atomic E-state index is 0.664. The molecule has 0 spiro atoms. The summed E-state index contributed by atoms with van der Waals surface area (Å²) in [6.07, 6.45) is 0. The van der Waals surface area contributed by atoms with E-state index in [-0.39, 0.29) is 0 Å². The zero-order valence-corrected chi connectivity index (χ0v) is 32.2. The van der Waals surface area contributed by atoms with Gasteiger partial charge in [-0.25, -0.2) is 9.97 Å². The van der Waals surface area contributed by atoms with Crippen molar-refractivity contribution in [3.05, 3.63) is 176 Å². The lowest BCUT2D eigenvalue weighted by Crippen LogP contribution is -2.02. The molecule has 0 atom stereocenters. The molecule has 59 heavy (non-hydrogen) atoms. The highest BCUT2D eigenvalue weighted by Gasteiger charge is 2.27. The van der Waals surface area contributed by atoms with Gasteiger partial charge in [0.15, 0.2) is 17.2 Å². The fourth-order valence-corrected chi connectivity index (χ4v) is 11.2. The molecule has 0 amide bonds. The molecule has 272 valence electrons. The number of benzene rings is 9. The zero-order chi connectivity index (χ0) is 38.3. The Hall–Kier alpha value is -7.60. The van der Waals surface area contributed by atoms with Crippen LogP contribution in [0.1, 0.15) is 0 Å². The van der Waals surface area contributed by atoms with Crippen molar-refractivity contribution in [2.45, 2.75) is 0 Å². The van der Waals surface area contributed by atoms with Crippen LogP contribution in [0.2, 0.25) is 0 Å². The summed E-state index contributed by atoms with van der Waals surface area (Å²) >= 11 is 1.90. The van der Waals surface area contributed by atoms with Crippen LogP contribution in [0, 0.1) is 0 Å². The maximum absolute atomic E-state index is 6.85. The second-order valence-electron chi connectivity index (χ2n) is 15.6. The van der Waals surface area contributed by atoms with Gasteiger partial charge in [-0.3, -0.25) is 4.57 Å². The number of fused-ring (bicyclic) bond motifs is 14. The summed E-state index contributed by atoms with van der Waals surface area (Å²) in [5.74, 6) is 1.39. The van der Waals surface area contributed by atoms with E-state index in [1.165, 1.54) is 53.6 Å². The van der Waals surface area contributed by atoms with Crippen LogP contribution in [0.4, 0.5) is 0 Å². The largest absolute Gasteiger partial charge is 0.450 e. The Morgan fingerprint density at radius 2 is 1.12 bits per heavy atom. The van der Waals surface area contributed by atoms with Gasteiger partial charge >= 0.3 is 0 Å². The van der Waals surface area contributed by atoms with Crippen molar-refractivity contribution in [3.63, 3.8) is 0 Å². The summed E-state index contributed by atoms with van der Waals surface area (Å²) in [6, 6.07) is 63.4. The fraction of sp³-hybridized carbons (Fsp3) is 0. The van der Waals surface area contributed by atoms with Crippen LogP contribution in [0.25, 0.3) is 136 Å². The maximum atomic E-state index is 6.85. The lowest BCUT2D eigenvalue weighted by molar-refractivity contribution is 0.662. The molecule has 4 aromatic heterocycles. The Bertz CT molecular complexity index is 3970. The van der Waals surface area contributed by atoms with Gasteiger partial charge in [-0.2, -0.15) is 0 Å². The Balaban J connectivity index is 1.02. The molecule has 1 aliphatic rings. The highest BCUT2D eigenvalue weighted by Crippen LogP contribution is 2.55. The molecule has 0 saturated heterocycles. The Morgan fingerprint density at radius 3 is 1.98 bits per heavy atom. The van der Waals surface area contributed by atoms with Crippen LogP contribution in [-0.4, -0.2) is 14.5 Å². The van der Waals surface area contributed by atoms with E-state index in [2.05, 4.69) is 180 Å². The summed E-state index contributed by atoms with van der Waals surface area (Å²) in [7, 11) is 0. The minimum absolute atomic E-state index is 0.664. The molecule has 0 fully saturated rings. The standard InChI is InChI=1S/C54H29N3OS/c1-3-15-35-30(10-1)12-7-18-38(35)53-55-50-49-36-16-4-2-11-31(36)23-26-45(49)58-51(50)54(56-53)57-43-21-6-5-17-37(43)41-28-33(22-25-44(41)57)34-24-27-46-42(29-34)48-39-19-8-13-32-14-9-20-40(47(32)39)52(48)59-46/h1-29H. The average Bonchev–Trinajstić information content (AvgIpc) is 4.04. The topological polar surface area (TPSA) is 43.9 Å². The zero-order valence-electron chi connectivity index (χ0n) is 31.4. The van der Waals surface area contributed by atoms with Gasteiger partial charge in [-0.05, 0) is 85.4 Å². The predicted octanol–water partition coefficient (Wildman–Crippen LogP) is 15.1. The van der Waals surface area contributed by atoms with E-state index in [9.17, 15) is 0 Å². The first-order valence-corrected chi connectivity index (χ1v) is 20.8. The molecule has 0 radical (unpaired) electrons. The number of hydrogen-bond donors (Lipinski definition) is 0. The van der Waals surface area contributed by atoms with Crippen LogP contribution < -0.4 is 0 Å². The van der Waals surface area contributed by atoms with Crippen LogP contribution in [-0.2, 0) is 0 Å². The molecule has 0 saturated carbocycles. The van der Waals surface area contributed by atoms with Crippen molar-refractivity contribution in [3.8, 4) is 49.9 Å². The third kappa shape index (κ3) is 4.26. The van der Waals surface area contributed by atoms with Crippen LogP contribution >= 0.6 is 11.3 Å². The molecule has 0 unspecified atom stereocenters.